The van der Waals surface area contributed by atoms with E-state index in [2.05, 4.69) is 0 Å². The number of nitrogens with zero attached hydrogens (tertiary/aromatic N) is 1. The lowest BCUT2D eigenvalue weighted by Gasteiger charge is -2.36. The van der Waals surface area contributed by atoms with E-state index < -0.39 is 0 Å². The van der Waals surface area contributed by atoms with Crippen LogP contribution in [0.5, 0.6) is 5.75 Å². The van der Waals surface area contributed by atoms with E-state index in [0.717, 1.165) is 29.8 Å². The standard InChI is InChI=1S/C20H21NO4/c1-24-17-12-10-16(11-13-17)21-18(4-3-5-19(21)22)14-6-8-15(9-7-14)20(23)25-2/h6-13,18H,3-5H2,1-2H3. The van der Waals surface area contributed by atoms with Crippen LogP contribution in [-0.2, 0) is 9.53 Å². The first-order valence-electron chi connectivity index (χ1n) is 8.28. The Bertz CT molecular complexity index is 752. The minimum Gasteiger partial charge on any atom is -0.497 e. The fourth-order valence-electron chi connectivity index (χ4n) is 3.21. The Morgan fingerprint density at radius 3 is 2.32 bits per heavy atom. The van der Waals surface area contributed by atoms with E-state index in [1.54, 1.807) is 19.2 Å². The molecule has 0 bridgehead atoms. The number of carbonyl (C=O) groups excluding carboxylic acids is 2. The van der Waals surface area contributed by atoms with Gasteiger partial charge in [-0.25, -0.2) is 4.79 Å². The summed E-state index contributed by atoms with van der Waals surface area (Å²) < 4.78 is 9.93. The predicted octanol–water partition coefficient (Wildman–Crippen LogP) is 3.74. The molecular formula is C20H21NO4. The average molecular weight is 339 g/mol. The molecule has 2 aromatic rings. The molecule has 2 aromatic carbocycles. The number of hydrogen-bond acceptors (Lipinski definition) is 4. The Morgan fingerprint density at radius 2 is 1.72 bits per heavy atom. The van der Waals surface area contributed by atoms with Crippen molar-refractivity contribution in [3.8, 4) is 5.75 Å². The zero-order valence-corrected chi connectivity index (χ0v) is 14.4. The number of anilines is 1. The van der Waals surface area contributed by atoms with Crippen molar-refractivity contribution < 1.29 is 19.1 Å². The zero-order chi connectivity index (χ0) is 17.8. The van der Waals surface area contributed by atoms with Crippen LogP contribution >= 0.6 is 0 Å². The fraction of sp³-hybridized carbons (Fsp3) is 0.300. The first-order chi connectivity index (χ1) is 12.1. The summed E-state index contributed by atoms with van der Waals surface area (Å²) in [6, 6.07) is 14.7. The molecule has 1 heterocycles. The van der Waals surface area contributed by atoms with Gasteiger partial charge >= 0.3 is 5.97 Å². The molecule has 5 nitrogen and oxygen atoms in total. The SMILES string of the molecule is COC(=O)c1ccc(C2CCCC(=O)N2c2ccc(OC)cc2)cc1. The van der Waals surface area contributed by atoms with E-state index in [9.17, 15) is 9.59 Å². The van der Waals surface area contributed by atoms with Crippen molar-refractivity contribution in [2.45, 2.75) is 25.3 Å². The number of methoxy groups -OCH3 is 2. The van der Waals surface area contributed by atoms with E-state index >= 15 is 0 Å². The maximum Gasteiger partial charge on any atom is 0.337 e. The van der Waals surface area contributed by atoms with Crippen LogP contribution in [0, 0.1) is 0 Å². The maximum atomic E-state index is 12.6. The van der Waals surface area contributed by atoms with Gasteiger partial charge in [0.2, 0.25) is 5.91 Å². The van der Waals surface area contributed by atoms with Crippen molar-refractivity contribution in [2.24, 2.45) is 0 Å². The van der Waals surface area contributed by atoms with Gasteiger partial charge in [-0.2, -0.15) is 0 Å². The lowest BCUT2D eigenvalue weighted by Crippen LogP contribution is -2.38. The molecule has 130 valence electrons. The highest BCUT2D eigenvalue weighted by atomic mass is 16.5. The molecule has 0 aromatic heterocycles. The Morgan fingerprint density at radius 1 is 1.04 bits per heavy atom. The molecular weight excluding hydrogens is 318 g/mol. The minimum atomic E-state index is -0.363. The third kappa shape index (κ3) is 3.50. The molecule has 1 unspecified atom stereocenters. The average Bonchev–Trinajstić information content (AvgIpc) is 2.67. The molecule has 1 amide bonds. The maximum absolute atomic E-state index is 12.6. The van der Waals surface area contributed by atoms with Gasteiger partial charge in [0.05, 0.1) is 25.8 Å². The van der Waals surface area contributed by atoms with Crippen molar-refractivity contribution >= 4 is 17.6 Å². The third-order valence-electron chi connectivity index (χ3n) is 4.52. The topological polar surface area (TPSA) is 55.8 Å². The van der Waals surface area contributed by atoms with Crippen molar-refractivity contribution in [2.75, 3.05) is 19.1 Å². The normalized spacial score (nSPS) is 17.3. The van der Waals surface area contributed by atoms with Crippen molar-refractivity contribution in [1.82, 2.24) is 0 Å². The predicted molar refractivity (Wildman–Crippen MR) is 94.9 cm³/mol. The van der Waals surface area contributed by atoms with Crippen molar-refractivity contribution in [3.63, 3.8) is 0 Å². The molecule has 0 N–H and O–H groups in total. The highest BCUT2D eigenvalue weighted by molar-refractivity contribution is 5.95. The summed E-state index contributed by atoms with van der Waals surface area (Å²) in [5.41, 5.74) is 2.37. The second-order valence-electron chi connectivity index (χ2n) is 5.98. The van der Waals surface area contributed by atoms with Gasteiger partial charge in [-0.15, -0.1) is 0 Å². The van der Waals surface area contributed by atoms with Gasteiger partial charge in [0.1, 0.15) is 5.75 Å². The van der Waals surface area contributed by atoms with Crippen LogP contribution in [0.15, 0.2) is 48.5 Å². The molecule has 0 aliphatic carbocycles. The molecule has 0 spiro atoms. The molecule has 0 radical (unpaired) electrons. The van der Waals surface area contributed by atoms with E-state index in [0.29, 0.717) is 12.0 Å². The van der Waals surface area contributed by atoms with Gasteiger partial charge in [-0.3, -0.25) is 4.79 Å². The summed E-state index contributed by atoms with van der Waals surface area (Å²) in [5.74, 6) is 0.504. The summed E-state index contributed by atoms with van der Waals surface area (Å²) >= 11 is 0. The molecule has 3 rings (SSSR count). The number of amides is 1. The summed E-state index contributed by atoms with van der Waals surface area (Å²) in [6.45, 7) is 0. The zero-order valence-electron chi connectivity index (χ0n) is 14.4. The van der Waals surface area contributed by atoms with Crippen LogP contribution in [0.3, 0.4) is 0 Å². The van der Waals surface area contributed by atoms with Gasteiger partial charge in [0.15, 0.2) is 0 Å². The van der Waals surface area contributed by atoms with Crippen LogP contribution in [0.4, 0.5) is 5.69 Å². The molecule has 1 atom stereocenters. The number of rotatable bonds is 4. The first-order valence-corrected chi connectivity index (χ1v) is 8.28. The van der Waals surface area contributed by atoms with Crippen molar-refractivity contribution in [1.29, 1.82) is 0 Å². The Labute approximate surface area is 147 Å². The number of esters is 1. The Kier molecular flexibility index (Phi) is 5.03. The number of carbonyl (C=O) groups is 2. The van der Waals surface area contributed by atoms with Gasteiger partial charge < -0.3 is 14.4 Å². The Hall–Kier alpha value is -2.82. The molecule has 1 fully saturated rings. The van der Waals surface area contributed by atoms with Crippen LogP contribution in [0.1, 0.15) is 41.2 Å². The summed E-state index contributed by atoms with van der Waals surface area (Å²) in [7, 11) is 2.98. The third-order valence-corrected chi connectivity index (χ3v) is 4.52. The summed E-state index contributed by atoms with van der Waals surface area (Å²) in [4.78, 5) is 26.0. The molecule has 5 heteroatoms. The molecule has 1 aliphatic rings. The van der Waals surface area contributed by atoms with E-state index in [1.165, 1.54) is 7.11 Å². The minimum absolute atomic E-state index is 0.0404. The lowest BCUT2D eigenvalue weighted by molar-refractivity contribution is -0.120. The smallest absolute Gasteiger partial charge is 0.337 e. The lowest BCUT2D eigenvalue weighted by atomic mass is 9.93. The van der Waals surface area contributed by atoms with Gasteiger partial charge in [-0.05, 0) is 54.8 Å². The fourth-order valence-corrected chi connectivity index (χ4v) is 3.21. The van der Waals surface area contributed by atoms with Crippen LogP contribution in [0.2, 0.25) is 0 Å². The quantitative estimate of drug-likeness (QED) is 0.796. The highest BCUT2D eigenvalue weighted by Crippen LogP contribution is 2.36. The van der Waals surface area contributed by atoms with Gasteiger partial charge in [0.25, 0.3) is 0 Å². The first kappa shape index (κ1) is 17.0. The molecule has 1 aliphatic heterocycles. The largest absolute Gasteiger partial charge is 0.497 e. The highest BCUT2D eigenvalue weighted by Gasteiger charge is 2.30. The van der Waals surface area contributed by atoms with E-state index in [-0.39, 0.29) is 17.9 Å². The summed E-state index contributed by atoms with van der Waals surface area (Å²) in [5, 5.41) is 0. The van der Waals surface area contributed by atoms with E-state index in [1.807, 2.05) is 41.3 Å². The van der Waals surface area contributed by atoms with Crippen molar-refractivity contribution in [3.05, 3.63) is 59.7 Å². The number of benzene rings is 2. The van der Waals surface area contributed by atoms with Crippen LogP contribution < -0.4 is 9.64 Å². The van der Waals surface area contributed by atoms with Crippen LogP contribution in [0.25, 0.3) is 0 Å². The number of ether oxygens (including phenoxy) is 2. The van der Waals surface area contributed by atoms with Gasteiger partial charge in [0, 0.05) is 12.1 Å². The van der Waals surface area contributed by atoms with Crippen LogP contribution in [-0.4, -0.2) is 26.1 Å². The summed E-state index contributed by atoms with van der Waals surface area (Å²) in [6.07, 6.45) is 2.28. The number of hydrogen-bond donors (Lipinski definition) is 0. The Balaban J connectivity index is 1.91. The molecule has 0 saturated carbocycles. The number of piperidine rings is 1. The van der Waals surface area contributed by atoms with Gasteiger partial charge in [-0.1, -0.05) is 12.1 Å². The second kappa shape index (κ2) is 7.38. The monoisotopic (exact) mass is 339 g/mol. The molecule has 1 saturated heterocycles. The molecule has 25 heavy (non-hydrogen) atoms. The van der Waals surface area contributed by atoms with E-state index in [4.69, 9.17) is 9.47 Å². The second-order valence-corrected chi connectivity index (χ2v) is 5.98.